The van der Waals surface area contributed by atoms with E-state index in [-0.39, 0.29) is 12.6 Å². The molecule has 1 heterocycles. The van der Waals surface area contributed by atoms with Gasteiger partial charge in [-0.15, -0.1) is 0 Å². The summed E-state index contributed by atoms with van der Waals surface area (Å²) in [5.41, 5.74) is 0. The zero-order chi connectivity index (χ0) is 15.1. The van der Waals surface area contributed by atoms with Gasteiger partial charge in [0.15, 0.2) is 11.5 Å². The molecule has 2 rings (SSSR count). The number of amides is 2. The molecule has 1 aromatic carbocycles. The minimum absolute atomic E-state index is 0.199. The van der Waals surface area contributed by atoms with Crippen LogP contribution < -0.4 is 20.1 Å². The highest BCUT2D eigenvalue weighted by molar-refractivity contribution is 6.35. The molecular formula is C14H18N2O5. The van der Waals surface area contributed by atoms with E-state index in [0.717, 1.165) is 0 Å². The molecule has 0 spiro atoms. The third kappa shape index (κ3) is 4.35. The van der Waals surface area contributed by atoms with E-state index < -0.39 is 11.8 Å². The van der Waals surface area contributed by atoms with Gasteiger partial charge in [0.05, 0.1) is 13.2 Å². The lowest BCUT2D eigenvalue weighted by atomic mass is 10.2. The summed E-state index contributed by atoms with van der Waals surface area (Å²) < 4.78 is 16.0. The topological polar surface area (TPSA) is 85.9 Å². The molecule has 0 radical (unpaired) electrons. The van der Waals surface area contributed by atoms with Gasteiger partial charge in [-0.25, -0.2) is 0 Å². The Balaban J connectivity index is 1.74. The Bertz CT molecular complexity index is 506. The fourth-order valence-electron chi connectivity index (χ4n) is 1.80. The number of benzene rings is 1. The van der Waals surface area contributed by atoms with Crippen LogP contribution >= 0.6 is 0 Å². The number of fused-ring (bicyclic) bond motifs is 1. The van der Waals surface area contributed by atoms with Crippen LogP contribution in [0.3, 0.4) is 0 Å². The number of ether oxygens (including phenoxy) is 3. The minimum Gasteiger partial charge on any atom is -0.486 e. The molecule has 0 bridgehead atoms. The number of methoxy groups -OCH3 is 1. The summed E-state index contributed by atoms with van der Waals surface area (Å²) in [4.78, 5) is 23.0. The van der Waals surface area contributed by atoms with Crippen LogP contribution in [-0.4, -0.2) is 51.3 Å². The molecule has 0 aromatic heterocycles. The van der Waals surface area contributed by atoms with Crippen molar-refractivity contribution in [3.63, 3.8) is 0 Å². The summed E-state index contributed by atoms with van der Waals surface area (Å²) in [5, 5.41) is 4.95. The average molecular weight is 294 g/mol. The molecule has 7 nitrogen and oxygen atoms in total. The number of rotatable bonds is 5. The second-order valence-corrected chi connectivity index (χ2v) is 4.46. The van der Waals surface area contributed by atoms with Crippen molar-refractivity contribution in [1.82, 2.24) is 10.6 Å². The van der Waals surface area contributed by atoms with Gasteiger partial charge < -0.3 is 24.8 Å². The van der Waals surface area contributed by atoms with Gasteiger partial charge in [-0.05, 0) is 12.1 Å². The predicted molar refractivity (Wildman–Crippen MR) is 74.2 cm³/mol. The van der Waals surface area contributed by atoms with Crippen molar-refractivity contribution in [2.75, 3.05) is 33.4 Å². The third-order valence-corrected chi connectivity index (χ3v) is 2.86. The van der Waals surface area contributed by atoms with Crippen LogP contribution in [0.1, 0.15) is 0 Å². The van der Waals surface area contributed by atoms with Crippen LogP contribution in [0, 0.1) is 0 Å². The van der Waals surface area contributed by atoms with E-state index >= 15 is 0 Å². The Kier molecular flexibility index (Phi) is 5.39. The normalized spacial score (nSPS) is 16.1. The Hall–Kier alpha value is -2.28. The number of carbonyl (C=O) groups excluding carboxylic acids is 2. The first-order valence-electron chi connectivity index (χ1n) is 6.64. The summed E-state index contributed by atoms with van der Waals surface area (Å²) in [6.07, 6.45) is -0.323. The van der Waals surface area contributed by atoms with Crippen molar-refractivity contribution < 1.29 is 23.8 Å². The van der Waals surface area contributed by atoms with Gasteiger partial charge in [-0.3, -0.25) is 9.59 Å². The molecule has 0 fully saturated rings. The van der Waals surface area contributed by atoms with Crippen molar-refractivity contribution in [2.45, 2.75) is 6.10 Å². The molecular weight excluding hydrogens is 276 g/mol. The van der Waals surface area contributed by atoms with Crippen molar-refractivity contribution in [3.05, 3.63) is 24.3 Å². The molecule has 1 aliphatic heterocycles. The van der Waals surface area contributed by atoms with Gasteiger partial charge in [0, 0.05) is 13.7 Å². The summed E-state index contributed by atoms with van der Waals surface area (Å²) in [6.45, 7) is 1.17. The zero-order valence-corrected chi connectivity index (χ0v) is 11.8. The maximum Gasteiger partial charge on any atom is 0.309 e. The van der Waals surface area contributed by atoms with E-state index in [4.69, 9.17) is 14.2 Å². The second kappa shape index (κ2) is 7.49. The highest BCUT2D eigenvalue weighted by Gasteiger charge is 2.22. The Morgan fingerprint density at radius 2 is 1.95 bits per heavy atom. The molecule has 2 N–H and O–H groups in total. The number of para-hydroxylation sites is 2. The van der Waals surface area contributed by atoms with Crippen molar-refractivity contribution in [1.29, 1.82) is 0 Å². The van der Waals surface area contributed by atoms with Crippen LogP contribution in [0.2, 0.25) is 0 Å². The molecule has 21 heavy (non-hydrogen) atoms. The first kappa shape index (κ1) is 15.1. The maximum absolute atomic E-state index is 11.6. The highest BCUT2D eigenvalue weighted by Crippen LogP contribution is 2.30. The van der Waals surface area contributed by atoms with Gasteiger partial charge in [-0.2, -0.15) is 0 Å². The molecule has 1 atom stereocenters. The maximum atomic E-state index is 11.6. The third-order valence-electron chi connectivity index (χ3n) is 2.86. The van der Waals surface area contributed by atoms with Gasteiger partial charge >= 0.3 is 11.8 Å². The molecule has 1 aliphatic rings. The van der Waals surface area contributed by atoms with Gasteiger partial charge in [0.1, 0.15) is 12.7 Å². The van der Waals surface area contributed by atoms with Gasteiger partial charge in [0.2, 0.25) is 0 Å². The monoisotopic (exact) mass is 294 g/mol. The number of carbonyl (C=O) groups is 2. The van der Waals surface area contributed by atoms with Crippen molar-refractivity contribution >= 4 is 11.8 Å². The molecule has 2 amide bonds. The van der Waals surface area contributed by atoms with E-state index in [2.05, 4.69) is 10.6 Å². The minimum atomic E-state index is -0.700. The lowest BCUT2D eigenvalue weighted by molar-refractivity contribution is -0.139. The number of hydrogen-bond acceptors (Lipinski definition) is 5. The van der Waals surface area contributed by atoms with Crippen LogP contribution in [0.15, 0.2) is 24.3 Å². The SMILES string of the molecule is COCCNC(=O)C(=O)NCC1COc2ccccc2O1. The highest BCUT2D eigenvalue weighted by atomic mass is 16.6. The first-order chi connectivity index (χ1) is 10.2. The average Bonchev–Trinajstić information content (AvgIpc) is 2.52. The smallest absolute Gasteiger partial charge is 0.309 e. The second-order valence-electron chi connectivity index (χ2n) is 4.46. The molecule has 0 aliphatic carbocycles. The van der Waals surface area contributed by atoms with Crippen LogP contribution in [0.5, 0.6) is 11.5 Å². The summed E-state index contributed by atoms with van der Waals surface area (Å²) in [5.74, 6) is -0.0809. The molecule has 114 valence electrons. The largest absolute Gasteiger partial charge is 0.486 e. The molecule has 7 heteroatoms. The van der Waals surface area contributed by atoms with E-state index in [0.29, 0.717) is 31.3 Å². The summed E-state index contributed by atoms with van der Waals surface area (Å²) >= 11 is 0. The molecule has 0 saturated carbocycles. The Morgan fingerprint density at radius 1 is 1.24 bits per heavy atom. The van der Waals surface area contributed by atoms with Crippen LogP contribution in [0.25, 0.3) is 0 Å². The summed E-state index contributed by atoms with van der Waals surface area (Å²) in [7, 11) is 1.52. The first-order valence-corrected chi connectivity index (χ1v) is 6.64. The van der Waals surface area contributed by atoms with Crippen molar-refractivity contribution in [2.24, 2.45) is 0 Å². The van der Waals surface area contributed by atoms with E-state index in [1.165, 1.54) is 7.11 Å². The quantitative estimate of drug-likeness (QED) is 0.575. The zero-order valence-electron chi connectivity index (χ0n) is 11.8. The Morgan fingerprint density at radius 3 is 2.71 bits per heavy atom. The van der Waals surface area contributed by atoms with Crippen LogP contribution in [-0.2, 0) is 14.3 Å². The fraction of sp³-hybridized carbons (Fsp3) is 0.429. The Labute approximate surface area is 122 Å². The van der Waals surface area contributed by atoms with Crippen LogP contribution in [0.4, 0.5) is 0 Å². The lowest BCUT2D eigenvalue weighted by Gasteiger charge is -2.26. The van der Waals surface area contributed by atoms with Crippen molar-refractivity contribution in [3.8, 4) is 11.5 Å². The standard InChI is InChI=1S/C14H18N2O5/c1-19-7-6-15-13(17)14(18)16-8-10-9-20-11-4-2-3-5-12(11)21-10/h2-5,10H,6-9H2,1H3,(H,15,17)(H,16,18). The molecule has 1 unspecified atom stereocenters. The predicted octanol–water partition coefficient (Wildman–Crippen LogP) is -0.295. The summed E-state index contributed by atoms with van der Waals surface area (Å²) in [6, 6.07) is 7.30. The van der Waals surface area contributed by atoms with E-state index in [1.807, 2.05) is 18.2 Å². The molecule has 0 saturated heterocycles. The fourth-order valence-corrected chi connectivity index (χ4v) is 1.80. The van der Waals surface area contributed by atoms with Gasteiger partial charge in [-0.1, -0.05) is 12.1 Å². The number of nitrogens with one attached hydrogen (secondary N) is 2. The van der Waals surface area contributed by atoms with E-state index in [9.17, 15) is 9.59 Å². The number of hydrogen-bond donors (Lipinski definition) is 2. The molecule has 1 aromatic rings. The van der Waals surface area contributed by atoms with Gasteiger partial charge in [0.25, 0.3) is 0 Å². The lowest BCUT2D eigenvalue weighted by Crippen LogP contribution is -2.46. The van der Waals surface area contributed by atoms with E-state index in [1.54, 1.807) is 6.07 Å².